The van der Waals surface area contributed by atoms with E-state index in [1.54, 1.807) is 11.0 Å². The minimum atomic E-state index is -0.480. The Labute approximate surface area is 144 Å². The monoisotopic (exact) mass is 353 g/mol. The summed E-state index contributed by atoms with van der Waals surface area (Å²) in [6.07, 6.45) is 1.79. The number of aromatic amines is 1. The highest BCUT2D eigenvalue weighted by Gasteiger charge is 2.31. The molecule has 1 amide bonds. The number of nitrogens with two attached hydrogens (primary N) is 1. The van der Waals surface area contributed by atoms with E-state index in [0.29, 0.717) is 29.9 Å². The summed E-state index contributed by atoms with van der Waals surface area (Å²) in [4.78, 5) is 25.1. The third kappa shape index (κ3) is 3.20. The Bertz CT molecular complexity index is 763. The molecule has 0 bridgehead atoms. The van der Waals surface area contributed by atoms with Gasteiger partial charge in [0.2, 0.25) is 0 Å². The van der Waals surface area contributed by atoms with Crippen LogP contribution in [0.5, 0.6) is 0 Å². The summed E-state index contributed by atoms with van der Waals surface area (Å²) in [5.74, 6) is 0.309. The Kier molecular flexibility index (Phi) is 5.40. The second kappa shape index (κ2) is 7.14. The number of rotatable bonds is 3. The minimum absolute atomic E-state index is 0. The number of likely N-dealkylation sites (tertiary alicyclic amines) is 1. The van der Waals surface area contributed by atoms with Crippen molar-refractivity contribution >= 4 is 34.9 Å². The molecule has 2 atom stereocenters. The molecule has 1 aliphatic heterocycles. The van der Waals surface area contributed by atoms with Crippen LogP contribution in [0.2, 0.25) is 0 Å². The number of halogens is 1. The van der Waals surface area contributed by atoms with Gasteiger partial charge in [-0.25, -0.2) is 0 Å². The second-order valence-corrected chi connectivity index (χ2v) is 6.08. The smallest absolute Gasteiger partial charge is 0.275 e. The Balaban J connectivity index is 0.00000208. The van der Waals surface area contributed by atoms with Gasteiger partial charge >= 0.3 is 0 Å². The van der Waals surface area contributed by atoms with Crippen molar-refractivity contribution < 1.29 is 9.72 Å². The summed E-state index contributed by atoms with van der Waals surface area (Å²) in [6, 6.07) is 4.32. The largest absolute Gasteiger partial charge is 0.333 e. The fraction of sp³-hybridized carbons (Fsp3) is 0.467. The number of hydrogen-bond donors (Lipinski definition) is 2. The lowest BCUT2D eigenvalue weighted by Crippen LogP contribution is -2.49. The molecule has 130 valence electrons. The highest BCUT2D eigenvalue weighted by atomic mass is 35.5. The molecule has 2 aromatic rings. The third-order valence-electron chi connectivity index (χ3n) is 4.47. The SMILES string of the molecule is CC1CCN(C(=O)c2n[nH]c3ccc([N+](=O)[O-])cc23)C(CN)C1.Cl. The molecular weight excluding hydrogens is 334 g/mol. The van der Waals surface area contributed by atoms with Crippen molar-refractivity contribution in [2.75, 3.05) is 13.1 Å². The van der Waals surface area contributed by atoms with E-state index in [-0.39, 0.29) is 35.7 Å². The Hall–Kier alpha value is -2.19. The molecule has 24 heavy (non-hydrogen) atoms. The lowest BCUT2D eigenvalue weighted by Gasteiger charge is -2.37. The highest BCUT2D eigenvalue weighted by Crippen LogP contribution is 2.27. The number of benzene rings is 1. The Morgan fingerprint density at radius 3 is 2.96 bits per heavy atom. The first kappa shape index (κ1) is 18.2. The van der Waals surface area contributed by atoms with Gasteiger partial charge < -0.3 is 10.6 Å². The van der Waals surface area contributed by atoms with E-state index in [2.05, 4.69) is 17.1 Å². The number of nitrogens with one attached hydrogen (secondary N) is 1. The van der Waals surface area contributed by atoms with Gasteiger partial charge in [-0.15, -0.1) is 12.4 Å². The Morgan fingerprint density at radius 2 is 2.29 bits per heavy atom. The van der Waals surface area contributed by atoms with E-state index in [9.17, 15) is 14.9 Å². The van der Waals surface area contributed by atoms with Crippen molar-refractivity contribution in [3.63, 3.8) is 0 Å². The molecule has 1 aromatic carbocycles. The van der Waals surface area contributed by atoms with Gasteiger partial charge in [-0.1, -0.05) is 6.92 Å². The van der Waals surface area contributed by atoms with Crippen molar-refractivity contribution in [2.24, 2.45) is 11.7 Å². The highest BCUT2D eigenvalue weighted by molar-refractivity contribution is 6.05. The van der Waals surface area contributed by atoms with Crippen LogP contribution in [0.15, 0.2) is 18.2 Å². The van der Waals surface area contributed by atoms with Gasteiger partial charge in [0.05, 0.1) is 10.4 Å². The minimum Gasteiger partial charge on any atom is -0.333 e. The number of fused-ring (bicyclic) bond motifs is 1. The predicted octanol–water partition coefficient (Wildman–Crippen LogP) is 2.09. The fourth-order valence-corrected chi connectivity index (χ4v) is 3.16. The summed E-state index contributed by atoms with van der Waals surface area (Å²) >= 11 is 0. The maximum absolute atomic E-state index is 12.8. The van der Waals surface area contributed by atoms with E-state index in [0.717, 1.165) is 12.8 Å². The average molecular weight is 354 g/mol. The number of carbonyl (C=O) groups excluding carboxylic acids is 1. The first-order chi connectivity index (χ1) is 11.0. The molecule has 2 unspecified atom stereocenters. The van der Waals surface area contributed by atoms with E-state index in [1.165, 1.54) is 12.1 Å². The first-order valence-electron chi connectivity index (χ1n) is 7.64. The maximum Gasteiger partial charge on any atom is 0.275 e. The molecule has 9 heteroatoms. The Morgan fingerprint density at radius 1 is 1.54 bits per heavy atom. The number of aromatic nitrogens is 2. The summed E-state index contributed by atoms with van der Waals surface area (Å²) in [6.45, 7) is 3.18. The molecule has 0 aliphatic carbocycles. The van der Waals surface area contributed by atoms with Crippen molar-refractivity contribution in [3.05, 3.63) is 34.0 Å². The van der Waals surface area contributed by atoms with Gasteiger partial charge in [-0.3, -0.25) is 20.0 Å². The molecule has 2 heterocycles. The van der Waals surface area contributed by atoms with Crippen LogP contribution in [0.1, 0.15) is 30.3 Å². The lowest BCUT2D eigenvalue weighted by atomic mass is 9.92. The number of amides is 1. The third-order valence-corrected chi connectivity index (χ3v) is 4.47. The molecule has 0 saturated carbocycles. The maximum atomic E-state index is 12.8. The van der Waals surface area contributed by atoms with Crippen LogP contribution in [0.25, 0.3) is 10.9 Å². The van der Waals surface area contributed by atoms with Crippen LogP contribution in [0.3, 0.4) is 0 Å². The van der Waals surface area contributed by atoms with E-state index < -0.39 is 4.92 Å². The quantitative estimate of drug-likeness (QED) is 0.647. The van der Waals surface area contributed by atoms with Crippen LogP contribution >= 0.6 is 12.4 Å². The molecule has 1 aromatic heterocycles. The van der Waals surface area contributed by atoms with Crippen molar-refractivity contribution in [1.29, 1.82) is 0 Å². The van der Waals surface area contributed by atoms with Gasteiger partial charge in [-0.2, -0.15) is 5.10 Å². The summed E-state index contributed by atoms with van der Waals surface area (Å²) in [7, 11) is 0. The number of non-ortho nitro benzene ring substituents is 1. The zero-order valence-corrected chi connectivity index (χ0v) is 14.1. The predicted molar refractivity (Wildman–Crippen MR) is 92.3 cm³/mol. The number of piperidine rings is 1. The van der Waals surface area contributed by atoms with Gasteiger partial charge in [0, 0.05) is 36.7 Å². The number of nitrogens with zero attached hydrogens (tertiary/aromatic N) is 3. The van der Waals surface area contributed by atoms with E-state index >= 15 is 0 Å². The number of H-pyrrole nitrogens is 1. The molecule has 1 aliphatic rings. The summed E-state index contributed by atoms with van der Waals surface area (Å²) in [5, 5.41) is 18.3. The van der Waals surface area contributed by atoms with Crippen LogP contribution in [0, 0.1) is 16.0 Å². The van der Waals surface area contributed by atoms with Crippen LogP contribution < -0.4 is 5.73 Å². The molecule has 0 spiro atoms. The lowest BCUT2D eigenvalue weighted by molar-refractivity contribution is -0.384. The molecule has 0 radical (unpaired) electrons. The number of hydrogen-bond acceptors (Lipinski definition) is 5. The number of nitro groups is 1. The van der Waals surface area contributed by atoms with Crippen LogP contribution in [-0.2, 0) is 0 Å². The molecule has 3 N–H and O–H groups in total. The van der Waals surface area contributed by atoms with E-state index in [4.69, 9.17) is 5.73 Å². The standard InChI is InChI=1S/C15H19N5O3.ClH/c1-9-4-5-19(11(6-9)8-16)15(21)14-12-7-10(20(22)23)2-3-13(12)17-18-14;/h2-3,7,9,11H,4-6,8,16H2,1H3,(H,17,18);1H. The van der Waals surface area contributed by atoms with Gasteiger partial charge in [0.25, 0.3) is 11.6 Å². The summed E-state index contributed by atoms with van der Waals surface area (Å²) in [5.41, 5.74) is 6.58. The summed E-state index contributed by atoms with van der Waals surface area (Å²) < 4.78 is 0. The molecule has 3 rings (SSSR count). The normalized spacial score (nSPS) is 20.7. The fourth-order valence-electron chi connectivity index (χ4n) is 3.16. The van der Waals surface area contributed by atoms with Crippen LogP contribution in [0.4, 0.5) is 5.69 Å². The molecule has 1 fully saturated rings. The number of carbonyl (C=O) groups is 1. The van der Waals surface area contributed by atoms with Gasteiger partial charge in [0.15, 0.2) is 5.69 Å². The molecular formula is C15H20ClN5O3. The van der Waals surface area contributed by atoms with Gasteiger partial charge in [0.1, 0.15) is 0 Å². The zero-order chi connectivity index (χ0) is 16.6. The average Bonchev–Trinajstić information content (AvgIpc) is 2.97. The topological polar surface area (TPSA) is 118 Å². The van der Waals surface area contributed by atoms with Crippen molar-refractivity contribution in [3.8, 4) is 0 Å². The molecule has 8 nitrogen and oxygen atoms in total. The second-order valence-electron chi connectivity index (χ2n) is 6.08. The van der Waals surface area contributed by atoms with Crippen LogP contribution in [-0.4, -0.2) is 45.1 Å². The first-order valence-corrected chi connectivity index (χ1v) is 7.64. The van der Waals surface area contributed by atoms with E-state index in [1.807, 2.05) is 0 Å². The number of nitro benzene ring substituents is 1. The van der Waals surface area contributed by atoms with Crippen molar-refractivity contribution in [1.82, 2.24) is 15.1 Å². The molecule has 1 saturated heterocycles. The van der Waals surface area contributed by atoms with Crippen molar-refractivity contribution in [2.45, 2.75) is 25.8 Å². The zero-order valence-electron chi connectivity index (χ0n) is 13.3. The van der Waals surface area contributed by atoms with Gasteiger partial charge in [-0.05, 0) is 24.8 Å².